The molecule has 2 atom stereocenters. The summed E-state index contributed by atoms with van der Waals surface area (Å²) in [5, 5.41) is 2.71. The third kappa shape index (κ3) is 5.56. The summed E-state index contributed by atoms with van der Waals surface area (Å²) in [6.45, 7) is 6.04. The molecule has 1 rings (SSSR count). The highest BCUT2D eigenvalue weighted by Gasteiger charge is 2.38. The van der Waals surface area contributed by atoms with Gasteiger partial charge in [-0.3, -0.25) is 4.79 Å². The maximum Gasteiger partial charge on any atom is 0.407 e. The third-order valence-electron chi connectivity index (χ3n) is 2.63. The molecule has 5 nitrogen and oxygen atoms in total. The third-order valence-corrected chi connectivity index (χ3v) is 2.63. The molecular weight excluding hydrogens is 222 g/mol. The number of carbonyl (C=O) groups is 2. The second-order valence-corrected chi connectivity index (χ2v) is 5.42. The number of hydrogen-bond acceptors (Lipinski definition) is 4. The van der Waals surface area contributed by atoms with Crippen LogP contribution in [0.4, 0.5) is 4.79 Å². The Bertz CT molecular complexity index is 295. The lowest BCUT2D eigenvalue weighted by atomic mass is 10.2. The zero-order valence-corrected chi connectivity index (χ0v) is 10.9. The molecule has 0 aromatic carbocycles. The van der Waals surface area contributed by atoms with Gasteiger partial charge in [0.2, 0.25) is 0 Å². The monoisotopic (exact) mass is 243 g/mol. The second-order valence-electron chi connectivity index (χ2n) is 5.42. The minimum atomic E-state index is -0.473. The van der Waals surface area contributed by atoms with Crippen LogP contribution in [0.5, 0.6) is 0 Å². The number of nitrogens with one attached hydrogen (secondary N) is 1. The van der Waals surface area contributed by atoms with Gasteiger partial charge in [-0.05, 0) is 39.0 Å². The first-order chi connectivity index (χ1) is 7.81. The normalized spacial score (nSPS) is 22.8. The average Bonchev–Trinajstić information content (AvgIpc) is 2.91. The van der Waals surface area contributed by atoms with Gasteiger partial charge in [0.15, 0.2) is 0 Å². The van der Waals surface area contributed by atoms with Gasteiger partial charge in [0.1, 0.15) is 5.60 Å². The number of methoxy groups -OCH3 is 1. The fraction of sp³-hybridized carbons (Fsp3) is 0.833. The second kappa shape index (κ2) is 5.38. The quantitative estimate of drug-likeness (QED) is 0.763. The number of alkyl carbamates (subject to hydrolysis) is 1. The molecule has 0 aromatic rings. The van der Waals surface area contributed by atoms with Crippen LogP contribution in [0.25, 0.3) is 0 Å². The van der Waals surface area contributed by atoms with Crippen LogP contribution in [0.3, 0.4) is 0 Å². The van der Waals surface area contributed by atoms with Crippen LogP contribution < -0.4 is 5.32 Å². The van der Waals surface area contributed by atoms with Crippen LogP contribution in [0, 0.1) is 11.8 Å². The number of ether oxygens (including phenoxy) is 2. The van der Waals surface area contributed by atoms with Crippen molar-refractivity contribution in [3.63, 3.8) is 0 Å². The molecule has 98 valence electrons. The van der Waals surface area contributed by atoms with Gasteiger partial charge in [-0.25, -0.2) is 4.79 Å². The number of hydrogen-bond donors (Lipinski definition) is 1. The van der Waals surface area contributed by atoms with Crippen molar-refractivity contribution in [2.75, 3.05) is 13.7 Å². The Kier molecular flexibility index (Phi) is 4.37. The Morgan fingerprint density at radius 3 is 2.47 bits per heavy atom. The van der Waals surface area contributed by atoms with Crippen molar-refractivity contribution in [3.05, 3.63) is 0 Å². The fourth-order valence-electron chi connectivity index (χ4n) is 1.64. The van der Waals surface area contributed by atoms with E-state index in [0.29, 0.717) is 24.8 Å². The largest absolute Gasteiger partial charge is 0.469 e. The Hall–Kier alpha value is -1.26. The highest BCUT2D eigenvalue weighted by molar-refractivity contribution is 5.70. The van der Waals surface area contributed by atoms with E-state index in [2.05, 4.69) is 10.1 Å². The van der Waals surface area contributed by atoms with Gasteiger partial charge in [0.25, 0.3) is 0 Å². The molecule has 1 N–H and O–H groups in total. The van der Waals surface area contributed by atoms with Gasteiger partial charge < -0.3 is 14.8 Å². The van der Waals surface area contributed by atoms with Gasteiger partial charge >= 0.3 is 12.1 Å². The summed E-state index contributed by atoms with van der Waals surface area (Å²) < 4.78 is 9.70. The lowest BCUT2D eigenvalue weighted by Crippen LogP contribution is -2.33. The van der Waals surface area contributed by atoms with Crippen LogP contribution in [0.1, 0.15) is 33.6 Å². The Morgan fingerprint density at radius 2 is 1.94 bits per heavy atom. The smallest absolute Gasteiger partial charge is 0.407 e. The molecule has 0 saturated heterocycles. The summed E-state index contributed by atoms with van der Waals surface area (Å²) in [7, 11) is 1.39. The molecule has 0 bridgehead atoms. The van der Waals surface area contributed by atoms with Gasteiger partial charge in [0.05, 0.1) is 7.11 Å². The maximum absolute atomic E-state index is 11.4. The molecule has 17 heavy (non-hydrogen) atoms. The number of amides is 1. The van der Waals surface area contributed by atoms with E-state index < -0.39 is 11.7 Å². The predicted molar refractivity (Wildman–Crippen MR) is 62.5 cm³/mol. The summed E-state index contributed by atoms with van der Waals surface area (Å²) >= 11 is 0. The van der Waals surface area contributed by atoms with Crippen LogP contribution in [-0.2, 0) is 14.3 Å². The SMILES string of the molecule is COC(=O)C[C@@H]1C[C@H]1CNC(=O)OC(C)(C)C. The first-order valence-electron chi connectivity index (χ1n) is 5.85. The van der Waals surface area contributed by atoms with E-state index in [1.54, 1.807) is 0 Å². The Labute approximate surface area is 102 Å². The lowest BCUT2D eigenvalue weighted by molar-refractivity contribution is -0.141. The van der Waals surface area contributed by atoms with E-state index in [9.17, 15) is 9.59 Å². The minimum Gasteiger partial charge on any atom is -0.469 e. The molecule has 0 radical (unpaired) electrons. The van der Waals surface area contributed by atoms with Crippen molar-refractivity contribution in [1.82, 2.24) is 5.32 Å². The lowest BCUT2D eigenvalue weighted by Gasteiger charge is -2.19. The van der Waals surface area contributed by atoms with Crippen molar-refractivity contribution < 1.29 is 19.1 Å². The average molecular weight is 243 g/mol. The summed E-state index contributed by atoms with van der Waals surface area (Å²) in [6, 6.07) is 0. The summed E-state index contributed by atoms with van der Waals surface area (Å²) in [4.78, 5) is 22.4. The van der Waals surface area contributed by atoms with Crippen molar-refractivity contribution in [2.45, 2.75) is 39.2 Å². The first-order valence-corrected chi connectivity index (χ1v) is 5.85. The molecule has 0 aliphatic heterocycles. The van der Waals surface area contributed by atoms with Gasteiger partial charge in [0, 0.05) is 13.0 Å². The van der Waals surface area contributed by atoms with Crippen LogP contribution in [-0.4, -0.2) is 31.3 Å². The molecule has 0 spiro atoms. The van der Waals surface area contributed by atoms with E-state index in [-0.39, 0.29) is 5.97 Å². The Balaban J connectivity index is 2.13. The highest BCUT2D eigenvalue weighted by atomic mass is 16.6. The van der Waals surface area contributed by atoms with Crippen molar-refractivity contribution in [3.8, 4) is 0 Å². The fourth-order valence-corrected chi connectivity index (χ4v) is 1.64. The number of rotatable bonds is 4. The summed E-state index contributed by atoms with van der Waals surface area (Å²) in [5.74, 6) is 0.536. The van der Waals surface area contributed by atoms with Gasteiger partial charge in [-0.2, -0.15) is 0 Å². The molecule has 1 aliphatic carbocycles. The highest BCUT2D eigenvalue weighted by Crippen LogP contribution is 2.40. The van der Waals surface area contributed by atoms with E-state index in [1.807, 2.05) is 20.8 Å². The molecule has 5 heteroatoms. The predicted octanol–water partition coefficient (Wildman–Crippen LogP) is 1.71. The molecule has 0 heterocycles. The van der Waals surface area contributed by atoms with E-state index >= 15 is 0 Å². The van der Waals surface area contributed by atoms with E-state index in [4.69, 9.17) is 4.74 Å². The summed E-state index contributed by atoms with van der Waals surface area (Å²) in [6.07, 6.45) is 1.00. The molecule has 1 amide bonds. The number of carbonyl (C=O) groups excluding carboxylic acids is 2. The molecular formula is C12H21NO4. The van der Waals surface area contributed by atoms with Crippen molar-refractivity contribution in [2.24, 2.45) is 11.8 Å². The first kappa shape index (κ1) is 13.8. The topological polar surface area (TPSA) is 64.6 Å². The van der Waals surface area contributed by atoms with Crippen LogP contribution in [0.15, 0.2) is 0 Å². The standard InChI is InChI=1S/C12H21NO4/c1-12(2,3)17-11(15)13-7-9-5-8(9)6-10(14)16-4/h8-9H,5-7H2,1-4H3,(H,13,15)/t8-,9-/m0/s1. The minimum absolute atomic E-state index is 0.185. The van der Waals surface area contributed by atoms with Crippen molar-refractivity contribution >= 4 is 12.1 Å². The molecule has 0 aromatic heterocycles. The maximum atomic E-state index is 11.4. The molecule has 1 fully saturated rings. The van der Waals surface area contributed by atoms with Gasteiger partial charge in [-0.15, -0.1) is 0 Å². The van der Waals surface area contributed by atoms with E-state index in [0.717, 1.165) is 6.42 Å². The zero-order chi connectivity index (χ0) is 13.1. The van der Waals surface area contributed by atoms with E-state index in [1.165, 1.54) is 7.11 Å². The molecule has 1 saturated carbocycles. The van der Waals surface area contributed by atoms with Crippen molar-refractivity contribution in [1.29, 1.82) is 0 Å². The van der Waals surface area contributed by atoms with Crippen LogP contribution >= 0.6 is 0 Å². The Morgan fingerprint density at radius 1 is 1.29 bits per heavy atom. The van der Waals surface area contributed by atoms with Crippen LogP contribution in [0.2, 0.25) is 0 Å². The zero-order valence-electron chi connectivity index (χ0n) is 10.9. The molecule has 0 unspecified atom stereocenters. The van der Waals surface area contributed by atoms with Gasteiger partial charge in [-0.1, -0.05) is 0 Å². The summed E-state index contributed by atoms with van der Waals surface area (Å²) in [5.41, 5.74) is -0.473. The number of esters is 1. The molecule has 1 aliphatic rings.